The predicted octanol–water partition coefficient (Wildman–Crippen LogP) is 2.13. The summed E-state index contributed by atoms with van der Waals surface area (Å²) in [6.45, 7) is 4.12. The number of nitrogens with zero attached hydrogens (tertiary/aromatic N) is 4. The summed E-state index contributed by atoms with van der Waals surface area (Å²) in [5.74, 6) is 0.262. The van der Waals surface area contributed by atoms with Crippen molar-refractivity contribution in [1.29, 1.82) is 0 Å². The van der Waals surface area contributed by atoms with Gasteiger partial charge in [-0.2, -0.15) is 14.6 Å². The van der Waals surface area contributed by atoms with E-state index in [2.05, 4.69) is 27.3 Å². The number of hydrogen-bond donors (Lipinski definition) is 2. The van der Waals surface area contributed by atoms with Gasteiger partial charge in [-0.1, -0.05) is 33.1 Å². The highest BCUT2D eigenvalue weighted by atomic mass is 16.4. The Kier molecular flexibility index (Phi) is 5.08. The molecule has 2 N–H and O–H groups in total. The number of hydrogen-bond acceptors (Lipinski definition) is 5. The van der Waals surface area contributed by atoms with Gasteiger partial charge in [0.05, 0.1) is 0 Å². The molecule has 0 aliphatic carbocycles. The molecular formula is C14H21N5O2. The summed E-state index contributed by atoms with van der Waals surface area (Å²) in [5.41, 5.74) is 0.889. The van der Waals surface area contributed by atoms with Crippen LogP contribution in [0.1, 0.15) is 45.2 Å². The Morgan fingerprint density at radius 1 is 1.43 bits per heavy atom. The first-order chi connectivity index (χ1) is 10.2. The summed E-state index contributed by atoms with van der Waals surface area (Å²) in [6.07, 6.45) is 5.61. The quantitative estimate of drug-likeness (QED) is 0.774. The summed E-state index contributed by atoms with van der Waals surface area (Å²) in [7, 11) is 0. The van der Waals surface area contributed by atoms with Gasteiger partial charge in [-0.25, -0.2) is 9.78 Å². The molecule has 0 spiro atoms. The van der Waals surface area contributed by atoms with Gasteiger partial charge in [0, 0.05) is 11.8 Å². The Bertz CT molecular complexity index is 610. The molecule has 0 radical (unpaired) electrons. The number of rotatable bonds is 8. The van der Waals surface area contributed by atoms with Crippen LogP contribution in [0, 0.1) is 0 Å². The number of aryl methyl sites for hydroxylation is 1. The molecular weight excluding hydrogens is 270 g/mol. The topological polar surface area (TPSA) is 92.4 Å². The van der Waals surface area contributed by atoms with Gasteiger partial charge in [0.1, 0.15) is 18.2 Å². The highest BCUT2D eigenvalue weighted by molar-refractivity contribution is 5.77. The van der Waals surface area contributed by atoms with Crippen LogP contribution in [0.25, 0.3) is 5.78 Å². The molecule has 21 heavy (non-hydrogen) atoms. The predicted molar refractivity (Wildman–Crippen MR) is 79.3 cm³/mol. The van der Waals surface area contributed by atoms with Crippen LogP contribution >= 0.6 is 0 Å². The zero-order chi connectivity index (χ0) is 15.2. The SMILES string of the molecule is CCCCC(Nc1cc(CCC)nc2ncnn12)C(=O)O. The van der Waals surface area contributed by atoms with E-state index in [1.54, 1.807) is 4.52 Å². The summed E-state index contributed by atoms with van der Waals surface area (Å²) in [5, 5.41) is 16.5. The van der Waals surface area contributed by atoms with Gasteiger partial charge in [0.15, 0.2) is 0 Å². The van der Waals surface area contributed by atoms with Crippen molar-refractivity contribution < 1.29 is 9.90 Å². The third-order valence-electron chi connectivity index (χ3n) is 3.28. The molecule has 0 fully saturated rings. The molecule has 1 atom stereocenters. The molecule has 1 unspecified atom stereocenters. The monoisotopic (exact) mass is 291 g/mol. The van der Waals surface area contributed by atoms with E-state index in [4.69, 9.17) is 0 Å². The minimum Gasteiger partial charge on any atom is -0.480 e. The number of carboxylic acid groups (broad SMARTS) is 1. The maximum Gasteiger partial charge on any atom is 0.326 e. The molecule has 0 aliphatic heterocycles. The molecule has 114 valence electrons. The van der Waals surface area contributed by atoms with Crippen molar-refractivity contribution in [2.24, 2.45) is 0 Å². The van der Waals surface area contributed by atoms with E-state index in [0.717, 1.165) is 31.4 Å². The molecule has 7 nitrogen and oxygen atoms in total. The Labute approximate surface area is 123 Å². The summed E-state index contributed by atoms with van der Waals surface area (Å²) in [6, 6.07) is 1.22. The molecule has 0 saturated carbocycles. The maximum absolute atomic E-state index is 11.4. The van der Waals surface area contributed by atoms with Crippen LogP contribution in [-0.2, 0) is 11.2 Å². The Morgan fingerprint density at radius 3 is 2.90 bits per heavy atom. The molecule has 0 bridgehead atoms. The van der Waals surface area contributed by atoms with E-state index in [1.807, 2.05) is 13.0 Å². The van der Waals surface area contributed by atoms with Crippen molar-refractivity contribution in [3.8, 4) is 0 Å². The lowest BCUT2D eigenvalue weighted by Gasteiger charge is -2.16. The van der Waals surface area contributed by atoms with Gasteiger partial charge < -0.3 is 10.4 Å². The fourth-order valence-electron chi connectivity index (χ4n) is 2.19. The van der Waals surface area contributed by atoms with Gasteiger partial charge in [0.2, 0.25) is 0 Å². The molecule has 2 aromatic rings. The van der Waals surface area contributed by atoms with Crippen molar-refractivity contribution in [2.75, 3.05) is 5.32 Å². The minimum atomic E-state index is -0.856. The van der Waals surface area contributed by atoms with Crippen LogP contribution in [-0.4, -0.2) is 36.7 Å². The van der Waals surface area contributed by atoms with Crippen molar-refractivity contribution in [3.05, 3.63) is 18.1 Å². The second kappa shape index (κ2) is 7.01. The molecule has 2 aromatic heterocycles. The summed E-state index contributed by atoms with van der Waals surface area (Å²) in [4.78, 5) is 19.9. The third kappa shape index (κ3) is 3.68. The van der Waals surface area contributed by atoms with E-state index in [-0.39, 0.29) is 0 Å². The van der Waals surface area contributed by atoms with Gasteiger partial charge in [-0.05, 0) is 12.8 Å². The first-order valence-corrected chi connectivity index (χ1v) is 7.34. The number of carboxylic acids is 1. The second-order valence-corrected chi connectivity index (χ2v) is 5.03. The standard InChI is InChI=1S/C14H21N5O2/c1-3-5-7-11(13(20)21)18-12-8-10(6-4-2)17-14-15-9-16-19(12)14/h8-9,11,18H,3-7H2,1-2H3,(H,20,21). The number of anilines is 1. The molecule has 0 saturated heterocycles. The highest BCUT2D eigenvalue weighted by Crippen LogP contribution is 2.15. The van der Waals surface area contributed by atoms with Crippen LogP contribution in [0.2, 0.25) is 0 Å². The van der Waals surface area contributed by atoms with Crippen molar-refractivity contribution in [1.82, 2.24) is 19.6 Å². The van der Waals surface area contributed by atoms with E-state index in [0.29, 0.717) is 18.0 Å². The summed E-state index contributed by atoms with van der Waals surface area (Å²) >= 11 is 0. The largest absolute Gasteiger partial charge is 0.480 e. The van der Waals surface area contributed by atoms with Crippen molar-refractivity contribution in [2.45, 2.75) is 52.0 Å². The normalized spacial score (nSPS) is 12.5. The fourth-order valence-corrected chi connectivity index (χ4v) is 2.19. The highest BCUT2D eigenvalue weighted by Gasteiger charge is 2.18. The number of nitrogens with one attached hydrogen (secondary N) is 1. The van der Waals surface area contributed by atoms with Crippen LogP contribution in [0.4, 0.5) is 5.82 Å². The minimum absolute atomic E-state index is 0.489. The van der Waals surface area contributed by atoms with Crippen molar-refractivity contribution >= 4 is 17.6 Å². The Hall–Kier alpha value is -2.18. The lowest BCUT2D eigenvalue weighted by Crippen LogP contribution is -2.30. The molecule has 2 heterocycles. The number of aliphatic carboxylic acids is 1. The molecule has 0 aliphatic rings. The average molecular weight is 291 g/mol. The van der Waals surface area contributed by atoms with E-state index < -0.39 is 12.0 Å². The van der Waals surface area contributed by atoms with Gasteiger partial charge in [-0.3, -0.25) is 0 Å². The lowest BCUT2D eigenvalue weighted by molar-refractivity contribution is -0.138. The molecule has 7 heteroatoms. The smallest absolute Gasteiger partial charge is 0.326 e. The lowest BCUT2D eigenvalue weighted by atomic mass is 10.1. The Morgan fingerprint density at radius 2 is 2.24 bits per heavy atom. The second-order valence-electron chi connectivity index (χ2n) is 5.03. The van der Waals surface area contributed by atoms with Crippen LogP contribution in [0.5, 0.6) is 0 Å². The fraction of sp³-hybridized carbons (Fsp3) is 0.571. The van der Waals surface area contributed by atoms with E-state index >= 15 is 0 Å². The number of unbranched alkanes of at least 4 members (excludes halogenated alkanes) is 1. The molecule has 2 rings (SSSR count). The van der Waals surface area contributed by atoms with Gasteiger partial charge >= 0.3 is 5.97 Å². The Balaban J connectivity index is 2.29. The zero-order valence-corrected chi connectivity index (χ0v) is 12.4. The van der Waals surface area contributed by atoms with E-state index in [1.165, 1.54) is 6.33 Å². The molecule has 0 amide bonds. The first kappa shape index (κ1) is 15.2. The first-order valence-electron chi connectivity index (χ1n) is 7.34. The number of fused-ring (bicyclic) bond motifs is 1. The van der Waals surface area contributed by atoms with Crippen molar-refractivity contribution in [3.63, 3.8) is 0 Å². The zero-order valence-electron chi connectivity index (χ0n) is 12.4. The number of aromatic nitrogens is 4. The van der Waals surface area contributed by atoms with Gasteiger partial charge in [-0.15, -0.1) is 0 Å². The number of carbonyl (C=O) groups is 1. The average Bonchev–Trinajstić information content (AvgIpc) is 2.91. The maximum atomic E-state index is 11.4. The van der Waals surface area contributed by atoms with Crippen LogP contribution < -0.4 is 5.32 Å². The van der Waals surface area contributed by atoms with Crippen LogP contribution in [0.15, 0.2) is 12.4 Å². The van der Waals surface area contributed by atoms with E-state index in [9.17, 15) is 9.90 Å². The molecule has 0 aromatic carbocycles. The summed E-state index contributed by atoms with van der Waals surface area (Å²) < 4.78 is 1.54. The third-order valence-corrected chi connectivity index (χ3v) is 3.28. The van der Waals surface area contributed by atoms with Crippen LogP contribution in [0.3, 0.4) is 0 Å². The van der Waals surface area contributed by atoms with Gasteiger partial charge in [0.25, 0.3) is 5.78 Å².